The van der Waals surface area contributed by atoms with E-state index in [4.69, 9.17) is 16.3 Å². The topological polar surface area (TPSA) is 70.2 Å². The standard InChI is InChI=1S/C12H12ClN3O3/c1-8-14-6-12(16(17)18)15(8)7-9-3-4-10(19-2)5-11(9)13/h3-6H,7H2,1-2H3. The fourth-order valence-electron chi connectivity index (χ4n) is 1.75. The summed E-state index contributed by atoms with van der Waals surface area (Å²) in [6.45, 7) is 2.01. The van der Waals surface area contributed by atoms with Crippen LogP contribution in [0.5, 0.6) is 5.75 Å². The van der Waals surface area contributed by atoms with E-state index in [0.717, 1.165) is 5.56 Å². The van der Waals surface area contributed by atoms with Crippen molar-refractivity contribution in [1.29, 1.82) is 0 Å². The molecule has 0 radical (unpaired) electrons. The van der Waals surface area contributed by atoms with Crippen LogP contribution >= 0.6 is 11.6 Å². The molecule has 0 unspecified atom stereocenters. The predicted octanol–water partition coefficient (Wildman–Crippen LogP) is 2.81. The number of nitrogens with zero attached hydrogens (tertiary/aromatic N) is 3. The molecular weight excluding hydrogens is 270 g/mol. The van der Waals surface area contributed by atoms with Gasteiger partial charge in [-0.2, -0.15) is 0 Å². The van der Waals surface area contributed by atoms with E-state index in [-0.39, 0.29) is 5.82 Å². The van der Waals surface area contributed by atoms with Gasteiger partial charge in [0.25, 0.3) is 0 Å². The number of rotatable bonds is 4. The van der Waals surface area contributed by atoms with E-state index in [1.165, 1.54) is 10.8 Å². The van der Waals surface area contributed by atoms with Crippen molar-refractivity contribution in [3.63, 3.8) is 0 Å². The van der Waals surface area contributed by atoms with E-state index in [0.29, 0.717) is 23.1 Å². The third-order valence-corrected chi connectivity index (χ3v) is 3.16. The molecular formula is C12H12ClN3O3. The van der Waals surface area contributed by atoms with Crippen molar-refractivity contribution >= 4 is 17.4 Å². The second kappa shape index (κ2) is 5.27. The van der Waals surface area contributed by atoms with E-state index < -0.39 is 4.92 Å². The van der Waals surface area contributed by atoms with Crippen molar-refractivity contribution in [3.8, 4) is 5.75 Å². The zero-order chi connectivity index (χ0) is 14.0. The van der Waals surface area contributed by atoms with Crippen molar-refractivity contribution in [2.75, 3.05) is 7.11 Å². The minimum absolute atomic E-state index is 0.0515. The monoisotopic (exact) mass is 281 g/mol. The van der Waals surface area contributed by atoms with Gasteiger partial charge in [0.05, 0.1) is 12.1 Å². The van der Waals surface area contributed by atoms with Crippen LogP contribution < -0.4 is 4.74 Å². The summed E-state index contributed by atoms with van der Waals surface area (Å²) in [7, 11) is 1.55. The Balaban J connectivity index is 2.36. The molecule has 0 fully saturated rings. The Labute approximate surface area is 114 Å². The van der Waals surface area contributed by atoms with Crippen molar-refractivity contribution in [2.24, 2.45) is 0 Å². The number of nitro groups is 1. The summed E-state index contributed by atoms with van der Waals surface area (Å²) in [5.74, 6) is 1.16. The van der Waals surface area contributed by atoms with Gasteiger partial charge in [-0.05, 0) is 23.1 Å². The van der Waals surface area contributed by atoms with Gasteiger partial charge in [0.2, 0.25) is 0 Å². The van der Waals surface area contributed by atoms with Crippen LogP contribution in [0.1, 0.15) is 11.4 Å². The van der Waals surface area contributed by atoms with Crippen molar-refractivity contribution < 1.29 is 9.66 Å². The number of aromatic nitrogens is 2. The highest BCUT2D eigenvalue weighted by molar-refractivity contribution is 6.31. The van der Waals surface area contributed by atoms with Gasteiger partial charge in [-0.1, -0.05) is 11.6 Å². The fraction of sp³-hybridized carbons (Fsp3) is 0.250. The van der Waals surface area contributed by atoms with Crippen LogP contribution in [0.4, 0.5) is 5.82 Å². The molecule has 0 bridgehead atoms. The van der Waals surface area contributed by atoms with Crippen LogP contribution in [-0.4, -0.2) is 21.6 Å². The van der Waals surface area contributed by atoms with Gasteiger partial charge in [0.15, 0.2) is 5.82 Å². The third kappa shape index (κ3) is 2.68. The first kappa shape index (κ1) is 13.4. The van der Waals surface area contributed by atoms with E-state index >= 15 is 0 Å². The number of hydrogen-bond acceptors (Lipinski definition) is 4. The average Bonchev–Trinajstić information content (AvgIpc) is 2.73. The first-order valence-corrected chi connectivity index (χ1v) is 5.89. The number of ether oxygens (including phenoxy) is 1. The Bertz CT molecular complexity index is 625. The molecule has 7 heteroatoms. The first-order chi connectivity index (χ1) is 9.02. The summed E-state index contributed by atoms with van der Waals surface area (Å²) in [4.78, 5) is 14.4. The van der Waals surface area contributed by atoms with Gasteiger partial charge in [-0.3, -0.25) is 0 Å². The molecule has 0 saturated carbocycles. The summed E-state index contributed by atoms with van der Waals surface area (Å²) >= 11 is 6.13. The van der Waals surface area contributed by atoms with E-state index in [1.807, 2.05) is 0 Å². The summed E-state index contributed by atoms with van der Waals surface area (Å²) in [6.07, 6.45) is 1.24. The zero-order valence-electron chi connectivity index (χ0n) is 10.5. The summed E-state index contributed by atoms with van der Waals surface area (Å²) in [5.41, 5.74) is 0.770. The van der Waals surface area contributed by atoms with Crippen LogP contribution in [0.25, 0.3) is 0 Å². The molecule has 0 spiro atoms. The summed E-state index contributed by atoms with van der Waals surface area (Å²) in [6, 6.07) is 5.22. The largest absolute Gasteiger partial charge is 0.497 e. The van der Waals surface area contributed by atoms with Crippen molar-refractivity contribution in [1.82, 2.24) is 9.55 Å². The van der Waals surface area contributed by atoms with E-state index in [9.17, 15) is 10.1 Å². The minimum atomic E-state index is -0.461. The molecule has 0 amide bonds. The molecule has 0 aliphatic carbocycles. The Hall–Kier alpha value is -2.08. The Morgan fingerprint density at radius 3 is 2.84 bits per heavy atom. The Morgan fingerprint density at radius 2 is 2.26 bits per heavy atom. The molecule has 19 heavy (non-hydrogen) atoms. The lowest BCUT2D eigenvalue weighted by Crippen LogP contribution is -2.06. The molecule has 0 N–H and O–H groups in total. The second-order valence-electron chi connectivity index (χ2n) is 3.96. The molecule has 2 aromatic rings. The normalized spacial score (nSPS) is 10.5. The quantitative estimate of drug-likeness (QED) is 0.638. The van der Waals surface area contributed by atoms with Gasteiger partial charge in [0.1, 0.15) is 18.5 Å². The number of aryl methyl sites for hydroxylation is 1. The van der Waals surface area contributed by atoms with Crippen LogP contribution in [0.2, 0.25) is 5.02 Å². The van der Waals surface area contributed by atoms with Gasteiger partial charge < -0.3 is 14.9 Å². The maximum absolute atomic E-state index is 10.9. The molecule has 6 nitrogen and oxygen atoms in total. The van der Waals surface area contributed by atoms with Gasteiger partial charge >= 0.3 is 5.82 Å². The van der Waals surface area contributed by atoms with Crippen LogP contribution in [0.15, 0.2) is 24.4 Å². The van der Waals surface area contributed by atoms with Gasteiger partial charge in [-0.25, -0.2) is 9.55 Å². The van der Waals surface area contributed by atoms with Crippen molar-refractivity contribution in [3.05, 3.63) is 50.9 Å². The predicted molar refractivity (Wildman–Crippen MR) is 70.7 cm³/mol. The van der Waals surface area contributed by atoms with E-state index in [2.05, 4.69) is 4.98 Å². The summed E-state index contributed by atoms with van der Waals surface area (Å²) in [5, 5.41) is 11.4. The molecule has 0 aliphatic rings. The molecule has 100 valence electrons. The SMILES string of the molecule is COc1ccc(Cn2c([N+](=O)[O-])cnc2C)c(Cl)c1. The molecule has 1 heterocycles. The molecule has 0 saturated heterocycles. The lowest BCUT2D eigenvalue weighted by atomic mass is 10.2. The Kier molecular flexibility index (Phi) is 3.71. The average molecular weight is 282 g/mol. The van der Waals surface area contributed by atoms with E-state index in [1.54, 1.807) is 32.2 Å². The molecule has 1 aromatic heterocycles. The number of methoxy groups -OCH3 is 1. The smallest absolute Gasteiger partial charge is 0.343 e. The maximum atomic E-state index is 10.9. The molecule has 0 aliphatic heterocycles. The van der Waals surface area contributed by atoms with Gasteiger partial charge in [-0.15, -0.1) is 0 Å². The zero-order valence-corrected chi connectivity index (χ0v) is 11.2. The number of halogens is 1. The number of hydrogen-bond donors (Lipinski definition) is 0. The molecule has 0 atom stereocenters. The van der Waals surface area contributed by atoms with Crippen LogP contribution in [-0.2, 0) is 6.54 Å². The highest BCUT2D eigenvalue weighted by Crippen LogP contribution is 2.25. The second-order valence-corrected chi connectivity index (χ2v) is 4.37. The van der Waals surface area contributed by atoms with Crippen LogP contribution in [0.3, 0.4) is 0 Å². The fourth-order valence-corrected chi connectivity index (χ4v) is 1.98. The minimum Gasteiger partial charge on any atom is -0.497 e. The lowest BCUT2D eigenvalue weighted by Gasteiger charge is -2.07. The highest BCUT2D eigenvalue weighted by atomic mass is 35.5. The van der Waals surface area contributed by atoms with Crippen LogP contribution in [0, 0.1) is 17.0 Å². The third-order valence-electron chi connectivity index (χ3n) is 2.81. The lowest BCUT2D eigenvalue weighted by molar-refractivity contribution is -0.392. The maximum Gasteiger partial charge on any atom is 0.343 e. The molecule has 2 rings (SSSR count). The summed E-state index contributed by atoms with van der Waals surface area (Å²) < 4.78 is 6.57. The highest BCUT2D eigenvalue weighted by Gasteiger charge is 2.18. The van der Waals surface area contributed by atoms with Crippen molar-refractivity contribution in [2.45, 2.75) is 13.5 Å². The Morgan fingerprint density at radius 1 is 1.53 bits per heavy atom. The number of benzene rings is 1. The van der Waals surface area contributed by atoms with Gasteiger partial charge in [0, 0.05) is 12.5 Å². The molecule has 1 aromatic carbocycles. The number of imidazole rings is 1. The first-order valence-electron chi connectivity index (χ1n) is 5.52.